The van der Waals surface area contributed by atoms with Gasteiger partial charge in [0.25, 0.3) is 0 Å². The third-order valence-electron chi connectivity index (χ3n) is 6.58. The Morgan fingerprint density at radius 1 is 1.19 bits per heavy atom. The highest BCUT2D eigenvalue weighted by Gasteiger charge is 2.57. The molecule has 0 amide bonds. The van der Waals surface area contributed by atoms with Crippen LogP contribution in [0, 0.1) is 28.5 Å². The summed E-state index contributed by atoms with van der Waals surface area (Å²) in [6, 6.07) is 7.25. The summed E-state index contributed by atoms with van der Waals surface area (Å²) >= 11 is 0. The fourth-order valence-electron chi connectivity index (χ4n) is 6.35. The third kappa shape index (κ3) is 2.23. The molecule has 1 aromatic carbocycles. The van der Waals surface area contributed by atoms with Crippen LogP contribution >= 0.6 is 0 Å². The quantitative estimate of drug-likeness (QED) is 0.881. The molecule has 114 valence electrons. The Labute approximate surface area is 127 Å². The first kappa shape index (κ1) is 13.8. The van der Waals surface area contributed by atoms with Gasteiger partial charge in [-0.3, -0.25) is 0 Å². The van der Waals surface area contributed by atoms with Crippen molar-refractivity contribution in [2.45, 2.75) is 57.9 Å². The number of rotatable bonds is 3. The van der Waals surface area contributed by atoms with Gasteiger partial charge in [0.15, 0.2) is 0 Å². The van der Waals surface area contributed by atoms with Gasteiger partial charge in [-0.25, -0.2) is 4.39 Å². The molecule has 4 aliphatic carbocycles. The zero-order chi connectivity index (χ0) is 14.7. The van der Waals surface area contributed by atoms with E-state index >= 15 is 0 Å². The lowest BCUT2D eigenvalue weighted by atomic mass is 9.43. The van der Waals surface area contributed by atoms with E-state index in [0.29, 0.717) is 11.8 Å². The zero-order valence-electron chi connectivity index (χ0n) is 12.9. The highest BCUT2D eigenvalue weighted by atomic mass is 19.1. The zero-order valence-corrected chi connectivity index (χ0v) is 12.9. The van der Waals surface area contributed by atoms with Crippen molar-refractivity contribution in [2.24, 2.45) is 28.4 Å². The van der Waals surface area contributed by atoms with Crippen molar-refractivity contribution in [3.05, 3.63) is 35.6 Å². The first-order valence-electron chi connectivity index (χ1n) is 8.47. The van der Waals surface area contributed by atoms with Gasteiger partial charge in [-0.05, 0) is 79.2 Å². The van der Waals surface area contributed by atoms with Gasteiger partial charge < -0.3 is 5.73 Å². The van der Waals surface area contributed by atoms with Crippen LogP contribution in [0.15, 0.2) is 24.3 Å². The minimum Gasteiger partial charge on any atom is -0.327 e. The van der Waals surface area contributed by atoms with Crippen molar-refractivity contribution in [3.63, 3.8) is 0 Å². The highest BCUT2D eigenvalue weighted by Crippen LogP contribution is 2.66. The van der Waals surface area contributed by atoms with Crippen LogP contribution in [-0.2, 0) is 6.42 Å². The molecule has 0 heterocycles. The van der Waals surface area contributed by atoms with Crippen LogP contribution in [0.5, 0.6) is 0 Å². The molecular weight excluding hydrogens is 261 g/mol. The van der Waals surface area contributed by atoms with Gasteiger partial charge in [-0.1, -0.05) is 25.1 Å². The van der Waals surface area contributed by atoms with Crippen molar-refractivity contribution in [3.8, 4) is 0 Å². The monoisotopic (exact) mass is 287 g/mol. The average molecular weight is 287 g/mol. The minimum atomic E-state index is -0.0936. The van der Waals surface area contributed by atoms with Gasteiger partial charge in [0.1, 0.15) is 5.82 Å². The summed E-state index contributed by atoms with van der Waals surface area (Å²) in [4.78, 5) is 0. The minimum absolute atomic E-state index is 0.0936. The first-order valence-corrected chi connectivity index (χ1v) is 8.47. The van der Waals surface area contributed by atoms with E-state index in [1.807, 2.05) is 12.1 Å². The molecule has 0 radical (unpaired) electrons. The van der Waals surface area contributed by atoms with E-state index < -0.39 is 0 Å². The van der Waals surface area contributed by atoms with Gasteiger partial charge in [0.2, 0.25) is 0 Å². The Morgan fingerprint density at radius 2 is 1.86 bits per heavy atom. The molecular formula is C19H26FN. The molecule has 1 aromatic rings. The van der Waals surface area contributed by atoms with Crippen LogP contribution in [0.4, 0.5) is 4.39 Å². The lowest BCUT2D eigenvalue weighted by Crippen LogP contribution is -2.58. The van der Waals surface area contributed by atoms with Crippen LogP contribution in [0.25, 0.3) is 0 Å². The smallest absolute Gasteiger partial charge is 0.126 e. The van der Waals surface area contributed by atoms with E-state index in [1.54, 1.807) is 12.1 Å². The second kappa shape index (κ2) is 4.55. The maximum Gasteiger partial charge on any atom is 0.126 e. The third-order valence-corrected chi connectivity index (χ3v) is 6.58. The molecule has 2 N–H and O–H groups in total. The number of nitrogens with two attached hydrogens (primary N) is 1. The number of hydrogen-bond acceptors (Lipinski definition) is 1. The van der Waals surface area contributed by atoms with Crippen LogP contribution in [0.1, 0.15) is 51.0 Å². The van der Waals surface area contributed by atoms with Crippen LogP contribution in [0.3, 0.4) is 0 Å². The molecule has 4 bridgehead atoms. The summed E-state index contributed by atoms with van der Waals surface area (Å²) in [5.41, 5.74) is 8.25. The van der Waals surface area contributed by atoms with E-state index in [0.717, 1.165) is 17.4 Å². The molecule has 0 aliphatic heterocycles. The topological polar surface area (TPSA) is 26.0 Å². The Kier molecular flexibility index (Phi) is 2.98. The molecule has 4 aliphatic rings. The van der Waals surface area contributed by atoms with E-state index in [4.69, 9.17) is 5.73 Å². The molecule has 4 fully saturated rings. The second-order valence-corrected chi connectivity index (χ2v) is 8.54. The van der Waals surface area contributed by atoms with Gasteiger partial charge in [-0.2, -0.15) is 0 Å². The summed E-state index contributed by atoms with van der Waals surface area (Å²) in [6.07, 6.45) is 8.76. The van der Waals surface area contributed by atoms with Crippen molar-refractivity contribution in [1.29, 1.82) is 0 Å². The molecule has 2 heteroatoms. The molecule has 1 nitrogen and oxygen atoms in total. The molecule has 0 aromatic heterocycles. The van der Waals surface area contributed by atoms with E-state index in [9.17, 15) is 4.39 Å². The van der Waals surface area contributed by atoms with Crippen molar-refractivity contribution < 1.29 is 4.39 Å². The molecule has 3 atom stereocenters. The summed E-state index contributed by atoms with van der Waals surface area (Å²) in [7, 11) is 0. The SMILES string of the molecule is CC12CC3CC(C1)CC(C(N)Cc1ccccc1F)(C3)C2. The Bertz CT molecular complexity index is 538. The maximum atomic E-state index is 13.9. The number of hydrogen-bond donors (Lipinski definition) is 1. The molecule has 5 rings (SSSR count). The van der Waals surface area contributed by atoms with Crippen molar-refractivity contribution in [2.75, 3.05) is 0 Å². The van der Waals surface area contributed by atoms with E-state index in [1.165, 1.54) is 38.5 Å². The summed E-state index contributed by atoms with van der Waals surface area (Å²) in [6.45, 7) is 2.47. The number of benzene rings is 1. The first-order chi connectivity index (χ1) is 9.98. The average Bonchev–Trinajstić information content (AvgIpc) is 2.38. The molecule has 21 heavy (non-hydrogen) atoms. The standard InChI is InChI=1S/C19H26FN/c1-18-8-13-6-14(9-18)11-19(10-13,12-18)17(21)7-15-4-2-3-5-16(15)20/h2-5,13-14,17H,6-12,21H2,1H3. The van der Waals surface area contributed by atoms with Gasteiger partial charge in [0, 0.05) is 6.04 Å². The lowest BCUT2D eigenvalue weighted by molar-refractivity contribution is -0.112. The Hall–Kier alpha value is -0.890. The van der Waals surface area contributed by atoms with Gasteiger partial charge in [0.05, 0.1) is 0 Å². The lowest BCUT2D eigenvalue weighted by Gasteiger charge is -2.63. The van der Waals surface area contributed by atoms with Gasteiger partial charge >= 0.3 is 0 Å². The molecule has 4 saturated carbocycles. The molecule has 3 unspecified atom stereocenters. The fourth-order valence-corrected chi connectivity index (χ4v) is 6.35. The van der Waals surface area contributed by atoms with Crippen LogP contribution in [0.2, 0.25) is 0 Å². The predicted molar refractivity (Wildman–Crippen MR) is 83.3 cm³/mol. The second-order valence-electron chi connectivity index (χ2n) is 8.54. The summed E-state index contributed by atoms with van der Waals surface area (Å²) in [5.74, 6) is 1.66. The normalized spacial score (nSPS) is 42.2. The molecule has 0 spiro atoms. The summed E-state index contributed by atoms with van der Waals surface area (Å²) in [5, 5.41) is 0. The largest absolute Gasteiger partial charge is 0.327 e. The van der Waals surface area contributed by atoms with E-state index in [-0.39, 0.29) is 17.3 Å². The Balaban J connectivity index is 1.59. The highest BCUT2D eigenvalue weighted by molar-refractivity contribution is 5.20. The molecule has 0 saturated heterocycles. The van der Waals surface area contributed by atoms with Crippen molar-refractivity contribution in [1.82, 2.24) is 0 Å². The summed E-state index contributed by atoms with van der Waals surface area (Å²) < 4.78 is 13.9. The predicted octanol–water partition coefficient (Wildman–Crippen LogP) is 4.30. The van der Waals surface area contributed by atoms with E-state index in [2.05, 4.69) is 6.92 Å². The fraction of sp³-hybridized carbons (Fsp3) is 0.684. The van der Waals surface area contributed by atoms with Gasteiger partial charge in [-0.15, -0.1) is 0 Å². The Morgan fingerprint density at radius 3 is 2.48 bits per heavy atom. The maximum absolute atomic E-state index is 13.9. The van der Waals surface area contributed by atoms with Crippen LogP contribution in [-0.4, -0.2) is 6.04 Å². The number of halogens is 1. The van der Waals surface area contributed by atoms with Crippen LogP contribution < -0.4 is 5.73 Å². The van der Waals surface area contributed by atoms with Crippen molar-refractivity contribution >= 4 is 0 Å².